The van der Waals surface area contributed by atoms with Crippen LogP contribution in [-0.2, 0) is 4.74 Å². The van der Waals surface area contributed by atoms with Crippen LogP contribution in [0.15, 0.2) is 22.7 Å². The second kappa shape index (κ2) is 9.04. The number of ether oxygens (including phenoxy) is 1. The fourth-order valence-electron chi connectivity index (χ4n) is 1.45. The average Bonchev–Trinajstić information content (AvgIpc) is 2.41. The lowest BCUT2D eigenvalue weighted by Crippen LogP contribution is -2.25. The molecule has 0 aliphatic rings. The predicted molar refractivity (Wildman–Crippen MR) is 82.4 cm³/mol. The van der Waals surface area contributed by atoms with Gasteiger partial charge in [-0.25, -0.2) is 0 Å². The summed E-state index contributed by atoms with van der Waals surface area (Å²) >= 11 is 6.39. The highest BCUT2D eigenvalue weighted by Crippen LogP contribution is 2.21. The summed E-state index contributed by atoms with van der Waals surface area (Å²) in [5.41, 5.74) is 0.137. The minimum Gasteiger partial charge on any atom is -0.381 e. The third kappa shape index (κ3) is 5.98. The minimum absolute atomic E-state index is 0.120. The van der Waals surface area contributed by atoms with Crippen LogP contribution in [0.25, 0.3) is 0 Å². The van der Waals surface area contributed by atoms with Crippen LogP contribution in [0.5, 0.6) is 0 Å². The number of hydrogen-bond acceptors (Lipinski definition) is 4. The fourth-order valence-corrected chi connectivity index (χ4v) is 2.16. The van der Waals surface area contributed by atoms with E-state index in [0.717, 1.165) is 5.33 Å². The monoisotopic (exact) mass is 408 g/mol. The molecule has 20 heavy (non-hydrogen) atoms. The largest absolute Gasteiger partial charge is 0.381 e. The van der Waals surface area contributed by atoms with E-state index in [1.54, 1.807) is 6.07 Å². The van der Waals surface area contributed by atoms with Crippen molar-refractivity contribution < 1.29 is 14.5 Å². The Morgan fingerprint density at radius 1 is 1.35 bits per heavy atom. The van der Waals surface area contributed by atoms with E-state index in [1.807, 2.05) is 0 Å². The third-order valence-corrected chi connectivity index (χ3v) is 3.11. The Bertz CT molecular complexity index is 483. The van der Waals surface area contributed by atoms with Crippen LogP contribution in [0.1, 0.15) is 16.8 Å². The summed E-state index contributed by atoms with van der Waals surface area (Å²) in [6, 6.07) is 4.15. The number of halogens is 2. The lowest BCUT2D eigenvalue weighted by atomic mass is 10.2. The van der Waals surface area contributed by atoms with Gasteiger partial charge in [0.15, 0.2) is 0 Å². The molecular weight excluding hydrogens is 396 g/mol. The summed E-state index contributed by atoms with van der Waals surface area (Å²) in [4.78, 5) is 22.0. The van der Waals surface area contributed by atoms with Crippen molar-refractivity contribution in [1.82, 2.24) is 5.32 Å². The van der Waals surface area contributed by atoms with E-state index < -0.39 is 4.92 Å². The van der Waals surface area contributed by atoms with Crippen LogP contribution < -0.4 is 5.32 Å². The molecule has 0 bridgehead atoms. The fraction of sp³-hybridized carbons (Fsp3) is 0.417. The van der Waals surface area contributed by atoms with E-state index in [0.29, 0.717) is 30.7 Å². The topological polar surface area (TPSA) is 81.5 Å². The Kier molecular flexibility index (Phi) is 7.71. The SMILES string of the molecule is O=C(NCCCOCCBr)c1cc(Br)cc([N+](=O)[O-])c1. The van der Waals surface area contributed by atoms with Crippen LogP contribution in [0, 0.1) is 10.1 Å². The first-order chi connectivity index (χ1) is 9.54. The number of alkyl halides is 1. The van der Waals surface area contributed by atoms with Gasteiger partial charge in [-0.05, 0) is 12.5 Å². The molecule has 0 fully saturated rings. The molecule has 0 aliphatic carbocycles. The molecule has 1 aromatic carbocycles. The summed E-state index contributed by atoms with van der Waals surface area (Å²) in [6.45, 7) is 1.65. The second-order valence-corrected chi connectivity index (χ2v) is 5.57. The number of nitro benzene ring substituents is 1. The van der Waals surface area contributed by atoms with Crippen molar-refractivity contribution in [1.29, 1.82) is 0 Å². The number of amides is 1. The molecule has 8 heteroatoms. The van der Waals surface area contributed by atoms with Crippen molar-refractivity contribution in [2.45, 2.75) is 6.42 Å². The normalized spacial score (nSPS) is 10.3. The van der Waals surface area contributed by atoms with Gasteiger partial charge >= 0.3 is 0 Å². The van der Waals surface area contributed by atoms with Gasteiger partial charge in [0.2, 0.25) is 0 Å². The number of carbonyl (C=O) groups is 1. The Morgan fingerprint density at radius 3 is 2.75 bits per heavy atom. The maximum absolute atomic E-state index is 11.9. The first-order valence-electron chi connectivity index (χ1n) is 5.91. The molecule has 0 aliphatic heterocycles. The van der Waals surface area contributed by atoms with Gasteiger partial charge in [-0.1, -0.05) is 31.9 Å². The molecule has 0 saturated heterocycles. The Hall–Kier alpha value is -0.990. The number of nitro groups is 1. The van der Waals surface area contributed by atoms with Crippen LogP contribution >= 0.6 is 31.9 Å². The molecule has 0 atom stereocenters. The van der Waals surface area contributed by atoms with E-state index in [-0.39, 0.29) is 17.2 Å². The maximum atomic E-state index is 11.9. The van der Waals surface area contributed by atoms with E-state index in [2.05, 4.69) is 37.2 Å². The number of nitrogens with one attached hydrogen (secondary N) is 1. The summed E-state index contributed by atoms with van der Waals surface area (Å²) < 4.78 is 5.74. The van der Waals surface area contributed by atoms with Crippen molar-refractivity contribution in [2.24, 2.45) is 0 Å². The number of carbonyl (C=O) groups excluding carboxylic acids is 1. The van der Waals surface area contributed by atoms with Crippen molar-refractivity contribution in [3.05, 3.63) is 38.3 Å². The molecule has 1 N–H and O–H groups in total. The van der Waals surface area contributed by atoms with Gasteiger partial charge in [0, 0.05) is 40.7 Å². The van der Waals surface area contributed by atoms with Crippen molar-refractivity contribution in [3.8, 4) is 0 Å². The van der Waals surface area contributed by atoms with Crippen molar-refractivity contribution in [3.63, 3.8) is 0 Å². The van der Waals surface area contributed by atoms with Crippen LogP contribution in [0.4, 0.5) is 5.69 Å². The third-order valence-electron chi connectivity index (χ3n) is 2.33. The van der Waals surface area contributed by atoms with Crippen LogP contribution in [0.2, 0.25) is 0 Å². The highest BCUT2D eigenvalue weighted by Gasteiger charge is 2.13. The molecule has 1 aromatic rings. The zero-order valence-electron chi connectivity index (χ0n) is 10.6. The van der Waals surface area contributed by atoms with Crippen molar-refractivity contribution in [2.75, 3.05) is 25.1 Å². The first-order valence-corrected chi connectivity index (χ1v) is 7.83. The van der Waals surface area contributed by atoms with Crippen LogP contribution in [0.3, 0.4) is 0 Å². The standard InChI is InChI=1S/C12H14Br2N2O4/c13-2-5-20-4-1-3-15-12(17)9-6-10(14)8-11(7-9)16(18)19/h6-8H,1-5H2,(H,15,17). The van der Waals surface area contributed by atoms with Gasteiger partial charge in [0.25, 0.3) is 11.6 Å². The minimum atomic E-state index is -0.532. The number of rotatable bonds is 8. The van der Waals surface area contributed by atoms with Gasteiger partial charge in [0.05, 0.1) is 11.5 Å². The Labute approximate surface area is 133 Å². The first kappa shape index (κ1) is 17.1. The second-order valence-electron chi connectivity index (χ2n) is 3.87. The molecule has 0 heterocycles. The molecule has 1 amide bonds. The summed E-state index contributed by atoms with van der Waals surface area (Å²) in [7, 11) is 0. The van der Waals surface area contributed by atoms with Gasteiger partial charge in [-0.3, -0.25) is 14.9 Å². The molecule has 0 saturated carbocycles. The molecule has 0 radical (unpaired) electrons. The quantitative estimate of drug-likeness (QED) is 0.309. The zero-order chi connectivity index (χ0) is 15.0. The van der Waals surface area contributed by atoms with E-state index >= 15 is 0 Å². The molecule has 0 spiro atoms. The Balaban J connectivity index is 2.49. The van der Waals surface area contributed by atoms with Gasteiger partial charge in [0.1, 0.15) is 0 Å². The zero-order valence-corrected chi connectivity index (χ0v) is 13.8. The number of nitrogens with zero attached hydrogens (tertiary/aromatic N) is 1. The number of non-ortho nitro benzene ring substituents is 1. The number of benzene rings is 1. The van der Waals surface area contributed by atoms with E-state index in [1.165, 1.54) is 12.1 Å². The number of hydrogen-bond donors (Lipinski definition) is 1. The molecule has 110 valence electrons. The van der Waals surface area contributed by atoms with Crippen LogP contribution in [-0.4, -0.2) is 35.9 Å². The maximum Gasteiger partial charge on any atom is 0.271 e. The average molecular weight is 410 g/mol. The highest BCUT2D eigenvalue weighted by molar-refractivity contribution is 9.10. The molecule has 1 rings (SSSR count). The summed E-state index contributed by atoms with van der Waals surface area (Å²) in [6.07, 6.45) is 0.689. The summed E-state index contributed by atoms with van der Waals surface area (Å²) in [5, 5.41) is 14.2. The summed E-state index contributed by atoms with van der Waals surface area (Å²) in [5.74, 6) is -0.338. The Morgan fingerprint density at radius 2 is 2.10 bits per heavy atom. The lowest BCUT2D eigenvalue weighted by molar-refractivity contribution is -0.385. The highest BCUT2D eigenvalue weighted by atomic mass is 79.9. The molecule has 0 unspecified atom stereocenters. The van der Waals surface area contributed by atoms with E-state index in [4.69, 9.17) is 4.74 Å². The molecular formula is C12H14Br2N2O4. The van der Waals surface area contributed by atoms with Gasteiger partial charge < -0.3 is 10.1 Å². The molecule has 0 aromatic heterocycles. The van der Waals surface area contributed by atoms with Gasteiger partial charge in [-0.2, -0.15) is 0 Å². The lowest BCUT2D eigenvalue weighted by Gasteiger charge is -2.06. The van der Waals surface area contributed by atoms with Crippen molar-refractivity contribution >= 4 is 43.5 Å². The molecule has 6 nitrogen and oxygen atoms in total. The predicted octanol–water partition coefficient (Wildman–Crippen LogP) is 2.89. The van der Waals surface area contributed by atoms with Gasteiger partial charge in [-0.15, -0.1) is 0 Å². The van der Waals surface area contributed by atoms with E-state index in [9.17, 15) is 14.9 Å². The smallest absolute Gasteiger partial charge is 0.271 e.